The molecule has 1 aliphatic rings. The van der Waals surface area contributed by atoms with Crippen molar-refractivity contribution in [2.45, 2.75) is 0 Å². The second kappa shape index (κ2) is 6.56. The van der Waals surface area contributed by atoms with E-state index >= 15 is 0 Å². The van der Waals surface area contributed by atoms with Crippen LogP contribution in [0.5, 0.6) is 0 Å². The molecular weight excluding hydrogens is 324 g/mol. The van der Waals surface area contributed by atoms with Crippen molar-refractivity contribution in [3.8, 4) is 0 Å². The molecule has 0 aliphatic carbocycles. The molecule has 2 aromatic rings. The van der Waals surface area contributed by atoms with Gasteiger partial charge in [-0.2, -0.15) is 0 Å². The lowest BCUT2D eigenvalue weighted by Gasteiger charge is -2.17. The number of amides is 3. The summed E-state index contributed by atoms with van der Waals surface area (Å²) in [4.78, 5) is 48.7. The lowest BCUT2D eigenvalue weighted by Crippen LogP contribution is -2.31. The summed E-state index contributed by atoms with van der Waals surface area (Å²) in [5.74, 6) is -2.20. The Balaban J connectivity index is 1.65. The number of hydrogen-bond acceptors (Lipinski definition) is 5. The zero-order valence-electron chi connectivity index (χ0n) is 13.3. The average molecular weight is 338 g/mol. The molecule has 7 heteroatoms. The first-order valence-electron chi connectivity index (χ1n) is 7.46. The zero-order valence-corrected chi connectivity index (χ0v) is 13.3. The van der Waals surface area contributed by atoms with Gasteiger partial charge in [-0.15, -0.1) is 0 Å². The Morgan fingerprint density at radius 3 is 2.40 bits per heavy atom. The predicted octanol–water partition coefficient (Wildman–Crippen LogP) is 1.39. The van der Waals surface area contributed by atoms with E-state index in [1.165, 1.54) is 23.1 Å². The highest BCUT2D eigenvalue weighted by atomic mass is 16.5. The number of rotatable bonds is 4. The highest BCUT2D eigenvalue weighted by Gasteiger charge is 2.27. The van der Waals surface area contributed by atoms with E-state index < -0.39 is 30.3 Å². The first-order valence-corrected chi connectivity index (χ1v) is 7.46. The molecule has 25 heavy (non-hydrogen) atoms. The molecular formula is C18H14N2O5. The maximum atomic E-state index is 12.1. The molecule has 2 aromatic carbocycles. The minimum Gasteiger partial charge on any atom is -0.452 e. The number of anilines is 1. The van der Waals surface area contributed by atoms with Gasteiger partial charge in [0.25, 0.3) is 17.7 Å². The predicted molar refractivity (Wildman–Crippen MR) is 88.4 cm³/mol. The topological polar surface area (TPSA) is 92.8 Å². The van der Waals surface area contributed by atoms with Crippen LogP contribution in [-0.4, -0.2) is 37.3 Å². The molecule has 0 spiro atoms. The number of imide groups is 1. The maximum absolute atomic E-state index is 12.1. The van der Waals surface area contributed by atoms with Gasteiger partial charge >= 0.3 is 5.97 Å². The van der Waals surface area contributed by atoms with Gasteiger partial charge in [-0.3, -0.25) is 19.7 Å². The second-order valence-electron chi connectivity index (χ2n) is 5.41. The van der Waals surface area contributed by atoms with Gasteiger partial charge < -0.3 is 9.64 Å². The Bertz CT molecular complexity index is 876. The van der Waals surface area contributed by atoms with Crippen LogP contribution in [0, 0.1) is 0 Å². The molecule has 1 N–H and O–H groups in total. The van der Waals surface area contributed by atoms with Gasteiger partial charge in [0.2, 0.25) is 0 Å². The summed E-state index contributed by atoms with van der Waals surface area (Å²) in [5, 5.41) is 2.14. The molecule has 126 valence electrons. The van der Waals surface area contributed by atoms with Gasteiger partial charge in [-0.25, -0.2) is 4.79 Å². The van der Waals surface area contributed by atoms with Crippen LogP contribution in [0.2, 0.25) is 0 Å². The van der Waals surface area contributed by atoms with Crippen molar-refractivity contribution in [2.75, 3.05) is 18.6 Å². The maximum Gasteiger partial charge on any atom is 0.338 e. The summed E-state index contributed by atoms with van der Waals surface area (Å²) < 4.78 is 5.01. The minimum atomic E-state index is -0.746. The molecule has 0 saturated heterocycles. The van der Waals surface area contributed by atoms with E-state index in [2.05, 4.69) is 5.32 Å². The molecule has 0 atom stereocenters. The van der Waals surface area contributed by atoms with Crippen molar-refractivity contribution in [2.24, 2.45) is 0 Å². The van der Waals surface area contributed by atoms with E-state index in [0.717, 1.165) is 0 Å². The summed E-state index contributed by atoms with van der Waals surface area (Å²) >= 11 is 0. The number of benzene rings is 2. The van der Waals surface area contributed by atoms with Gasteiger partial charge in [0.1, 0.15) is 0 Å². The summed E-state index contributed by atoms with van der Waals surface area (Å²) in [7, 11) is 1.58. The molecule has 0 saturated carbocycles. The molecule has 1 aliphatic heterocycles. The van der Waals surface area contributed by atoms with Crippen LogP contribution in [0.15, 0.2) is 48.5 Å². The van der Waals surface area contributed by atoms with E-state index in [0.29, 0.717) is 5.69 Å². The molecule has 0 unspecified atom stereocenters. The van der Waals surface area contributed by atoms with Crippen molar-refractivity contribution >= 4 is 29.4 Å². The molecule has 0 radical (unpaired) electrons. The third kappa shape index (κ3) is 3.25. The number of nitrogens with one attached hydrogen (secondary N) is 1. The van der Waals surface area contributed by atoms with Crippen LogP contribution in [0.4, 0.5) is 5.69 Å². The first kappa shape index (κ1) is 16.4. The van der Waals surface area contributed by atoms with Gasteiger partial charge in [-0.05, 0) is 30.3 Å². The number of fused-ring (bicyclic) bond motifs is 1. The minimum absolute atomic E-state index is 0.0961. The fourth-order valence-corrected chi connectivity index (χ4v) is 2.40. The van der Waals surface area contributed by atoms with Crippen LogP contribution in [-0.2, 0) is 9.53 Å². The van der Waals surface area contributed by atoms with Crippen LogP contribution < -0.4 is 10.2 Å². The van der Waals surface area contributed by atoms with Crippen LogP contribution in [0.1, 0.15) is 31.1 Å². The number of carbonyl (C=O) groups excluding carboxylic acids is 4. The Kier molecular flexibility index (Phi) is 4.30. The fraction of sp³-hybridized carbons (Fsp3) is 0.111. The Hall–Kier alpha value is -3.48. The first-order chi connectivity index (χ1) is 12.0. The molecule has 0 bridgehead atoms. The SMILES string of the molecule is CN(C(=O)COC(=O)c1ccc2c(c1)C(=O)NC2=O)c1ccccc1. The van der Waals surface area contributed by atoms with Crippen LogP contribution >= 0.6 is 0 Å². The molecule has 7 nitrogen and oxygen atoms in total. The molecule has 3 rings (SSSR count). The largest absolute Gasteiger partial charge is 0.452 e. The molecule has 1 heterocycles. The fourth-order valence-electron chi connectivity index (χ4n) is 2.40. The highest BCUT2D eigenvalue weighted by Crippen LogP contribution is 2.18. The number of ether oxygens (including phenoxy) is 1. The van der Waals surface area contributed by atoms with E-state index in [9.17, 15) is 19.2 Å². The smallest absolute Gasteiger partial charge is 0.338 e. The summed E-state index contributed by atoms with van der Waals surface area (Å²) in [6, 6.07) is 13.0. The van der Waals surface area contributed by atoms with Crippen LogP contribution in [0.25, 0.3) is 0 Å². The Morgan fingerprint density at radius 1 is 1.00 bits per heavy atom. The van der Waals surface area contributed by atoms with E-state index in [4.69, 9.17) is 4.74 Å². The summed E-state index contributed by atoms with van der Waals surface area (Å²) in [6.07, 6.45) is 0. The normalized spacial score (nSPS) is 12.4. The summed E-state index contributed by atoms with van der Waals surface area (Å²) in [6.45, 7) is -0.438. The Morgan fingerprint density at radius 2 is 1.68 bits per heavy atom. The highest BCUT2D eigenvalue weighted by molar-refractivity contribution is 6.22. The average Bonchev–Trinajstić information content (AvgIpc) is 2.93. The number of esters is 1. The monoisotopic (exact) mass is 338 g/mol. The zero-order chi connectivity index (χ0) is 18.0. The number of likely N-dealkylation sites (N-methyl/N-ethyl adjacent to an activating group) is 1. The van der Waals surface area contributed by atoms with Gasteiger partial charge in [-0.1, -0.05) is 18.2 Å². The van der Waals surface area contributed by atoms with Crippen molar-refractivity contribution in [3.63, 3.8) is 0 Å². The molecule has 0 aromatic heterocycles. The van der Waals surface area contributed by atoms with Gasteiger partial charge in [0.15, 0.2) is 6.61 Å². The van der Waals surface area contributed by atoms with Crippen molar-refractivity contribution in [3.05, 3.63) is 65.2 Å². The third-order valence-electron chi connectivity index (χ3n) is 3.82. The standard InChI is InChI=1S/C18H14N2O5/c1-20(12-5-3-2-4-6-12)15(21)10-25-18(24)11-7-8-13-14(9-11)17(23)19-16(13)22/h2-9H,10H2,1H3,(H,19,22,23). The van der Waals surface area contributed by atoms with Crippen molar-refractivity contribution in [1.29, 1.82) is 0 Å². The van der Waals surface area contributed by atoms with E-state index in [-0.39, 0.29) is 16.7 Å². The number of nitrogens with zero attached hydrogens (tertiary/aromatic N) is 1. The lowest BCUT2D eigenvalue weighted by atomic mass is 10.1. The quantitative estimate of drug-likeness (QED) is 0.672. The second-order valence-corrected chi connectivity index (χ2v) is 5.41. The van der Waals surface area contributed by atoms with Crippen molar-refractivity contribution in [1.82, 2.24) is 5.32 Å². The number of carbonyl (C=O) groups is 4. The Labute approximate surface area is 143 Å². The van der Waals surface area contributed by atoms with E-state index in [1.54, 1.807) is 31.3 Å². The molecule has 0 fully saturated rings. The summed E-state index contributed by atoms with van der Waals surface area (Å²) in [5.41, 5.74) is 1.10. The van der Waals surface area contributed by atoms with Gasteiger partial charge in [0.05, 0.1) is 16.7 Å². The van der Waals surface area contributed by atoms with E-state index in [1.807, 2.05) is 6.07 Å². The van der Waals surface area contributed by atoms with Crippen LogP contribution in [0.3, 0.4) is 0 Å². The third-order valence-corrected chi connectivity index (χ3v) is 3.82. The number of hydrogen-bond donors (Lipinski definition) is 1. The lowest BCUT2D eigenvalue weighted by molar-refractivity contribution is -0.121. The van der Waals surface area contributed by atoms with Gasteiger partial charge in [0, 0.05) is 12.7 Å². The van der Waals surface area contributed by atoms with Crippen molar-refractivity contribution < 1.29 is 23.9 Å². The molecule has 3 amide bonds. The number of para-hydroxylation sites is 1.